The van der Waals surface area contributed by atoms with Crippen LogP contribution in [0.25, 0.3) is 0 Å². The van der Waals surface area contributed by atoms with Gasteiger partial charge in [-0.2, -0.15) is 0 Å². The summed E-state index contributed by atoms with van der Waals surface area (Å²) in [5, 5.41) is 0.413. The van der Waals surface area contributed by atoms with Gasteiger partial charge in [0.15, 0.2) is 0 Å². The van der Waals surface area contributed by atoms with E-state index in [1.165, 1.54) is 6.20 Å². The summed E-state index contributed by atoms with van der Waals surface area (Å²) < 4.78 is 0. The van der Waals surface area contributed by atoms with Gasteiger partial charge in [0, 0.05) is 25.0 Å². The van der Waals surface area contributed by atoms with Gasteiger partial charge in [0.05, 0.1) is 10.6 Å². The van der Waals surface area contributed by atoms with Crippen LogP contribution in [0.15, 0.2) is 48.8 Å². The van der Waals surface area contributed by atoms with Crippen LogP contribution in [0.2, 0.25) is 5.02 Å². The Bertz CT molecular complexity index is 611. The monoisotopic (exact) mass is 286 g/mol. The molecule has 0 radical (unpaired) electrons. The van der Waals surface area contributed by atoms with Crippen LogP contribution in [0, 0.1) is 0 Å². The maximum atomic E-state index is 12.7. The van der Waals surface area contributed by atoms with Crippen molar-refractivity contribution in [3.63, 3.8) is 0 Å². The normalized spacial score (nSPS) is 14.1. The van der Waals surface area contributed by atoms with E-state index < -0.39 is 0 Å². The standard InChI is InChI=1S/C16H15ClN2O/c17-15-10-18-9-8-14(15)16(20)19(13-6-7-13)11-12-4-2-1-3-5-12/h1-5,8-10,13H,6-7,11H2. The highest BCUT2D eigenvalue weighted by atomic mass is 35.5. The van der Waals surface area contributed by atoms with Gasteiger partial charge in [-0.3, -0.25) is 9.78 Å². The summed E-state index contributed by atoms with van der Waals surface area (Å²) in [6, 6.07) is 12.1. The third-order valence-electron chi connectivity index (χ3n) is 3.45. The zero-order valence-corrected chi connectivity index (χ0v) is 11.8. The Morgan fingerprint density at radius 2 is 2.00 bits per heavy atom. The van der Waals surface area contributed by atoms with E-state index in [-0.39, 0.29) is 5.91 Å². The van der Waals surface area contributed by atoms with Crippen molar-refractivity contribution in [3.8, 4) is 0 Å². The molecule has 1 saturated carbocycles. The quantitative estimate of drug-likeness (QED) is 0.861. The van der Waals surface area contributed by atoms with Crippen molar-refractivity contribution in [1.29, 1.82) is 0 Å². The van der Waals surface area contributed by atoms with Crippen molar-refractivity contribution >= 4 is 17.5 Å². The molecule has 1 aliphatic rings. The molecule has 0 unspecified atom stereocenters. The first-order chi connectivity index (χ1) is 9.75. The average Bonchev–Trinajstić information content (AvgIpc) is 3.30. The Labute approximate surface area is 123 Å². The van der Waals surface area contributed by atoms with E-state index in [9.17, 15) is 4.79 Å². The molecule has 1 aromatic carbocycles. The maximum absolute atomic E-state index is 12.7. The first kappa shape index (κ1) is 13.1. The lowest BCUT2D eigenvalue weighted by Crippen LogP contribution is -2.32. The Morgan fingerprint density at radius 1 is 1.25 bits per heavy atom. The molecule has 1 fully saturated rings. The lowest BCUT2D eigenvalue weighted by atomic mass is 10.1. The van der Waals surface area contributed by atoms with Crippen LogP contribution in [-0.4, -0.2) is 21.8 Å². The zero-order chi connectivity index (χ0) is 13.9. The van der Waals surface area contributed by atoms with Gasteiger partial charge < -0.3 is 4.90 Å². The minimum atomic E-state index is -0.0104. The Morgan fingerprint density at radius 3 is 2.65 bits per heavy atom. The van der Waals surface area contributed by atoms with Gasteiger partial charge in [-0.05, 0) is 24.5 Å². The SMILES string of the molecule is O=C(c1ccncc1Cl)N(Cc1ccccc1)C1CC1. The van der Waals surface area contributed by atoms with E-state index in [0.29, 0.717) is 23.2 Å². The molecule has 3 rings (SSSR count). The number of pyridine rings is 1. The van der Waals surface area contributed by atoms with E-state index in [0.717, 1.165) is 18.4 Å². The summed E-state index contributed by atoms with van der Waals surface area (Å²) in [5.74, 6) is -0.0104. The van der Waals surface area contributed by atoms with Crippen molar-refractivity contribution in [3.05, 3.63) is 64.9 Å². The summed E-state index contributed by atoms with van der Waals surface area (Å²) in [7, 11) is 0. The number of rotatable bonds is 4. The Balaban J connectivity index is 1.84. The van der Waals surface area contributed by atoms with Crippen LogP contribution in [0.4, 0.5) is 0 Å². The fraction of sp³-hybridized carbons (Fsp3) is 0.250. The predicted molar refractivity (Wildman–Crippen MR) is 78.6 cm³/mol. The molecule has 1 aromatic heterocycles. The smallest absolute Gasteiger partial charge is 0.256 e. The number of halogens is 1. The summed E-state index contributed by atoms with van der Waals surface area (Å²) >= 11 is 6.08. The highest BCUT2D eigenvalue weighted by Gasteiger charge is 2.33. The van der Waals surface area contributed by atoms with Crippen LogP contribution in [-0.2, 0) is 6.54 Å². The number of benzene rings is 1. The third-order valence-corrected chi connectivity index (χ3v) is 3.75. The topological polar surface area (TPSA) is 33.2 Å². The zero-order valence-electron chi connectivity index (χ0n) is 11.0. The summed E-state index contributed by atoms with van der Waals surface area (Å²) in [6.45, 7) is 0.628. The molecule has 102 valence electrons. The van der Waals surface area contributed by atoms with Gasteiger partial charge in [0.1, 0.15) is 0 Å². The largest absolute Gasteiger partial charge is 0.331 e. The summed E-state index contributed by atoms with van der Waals surface area (Å²) in [6.07, 6.45) is 5.26. The van der Waals surface area contributed by atoms with E-state index in [1.807, 2.05) is 35.2 Å². The molecule has 0 aliphatic heterocycles. The molecule has 0 bridgehead atoms. The molecular formula is C16H15ClN2O. The fourth-order valence-electron chi connectivity index (χ4n) is 2.24. The lowest BCUT2D eigenvalue weighted by Gasteiger charge is -2.23. The van der Waals surface area contributed by atoms with E-state index in [1.54, 1.807) is 12.3 Å². The van der Waals surface area contributed by atoms with Crippen molar-refractivity contribution in [1.82, 2.24) is 9.88 Å². The van der Waals surface area contributed by atoms with E-state index in [4.69, 9.17) is 11.6 Å². The van der Waals surface area contributed by atoms with Crippen molar-refractivity contribution in [2.24, 2.45) is 0 Å². The van der Waals surface area contributed by atoms with Gasteiger partial charge in [-0.25, -0.2) is 0 Å². The average molecular weight is 287 g/mol. The van der Waals surface area contributed by atoms with Crippen molar-refractivity contribution < 1.29 is 4.79 Å². The molecule has 0 spiro atoms. The minimum Gasteiger partial charge on any atom is -0.331 e. The molecular weight excluding hydrogens is 272 g/mol. The second kappa shape index (κ2) is 5.63. The number of aromatic nitrogens is 1. The van der Waals surface area contributed by atoms with Crippen LogP contribution < -0.4 is 0 Å². The highest BCUT2D eigenvalue weighted by Crippen LogP contribution is 2.30. The fourth-order valence-corrected chi connectivity index (χ4v) is 2.44. The number of nitrogens with zero attached hydrogens (tertiary/aromatic N) is 2. The third kappa shape index (κ3) is 2.83. The molecule has 2 aromatic rings. The van der Waals surface area contributed by atoms with Crippen LogP contribution in [0.5, 0.6) is 0 Å². The van der Waals surface area contributed by atoms with Crippen LogP contribution in [0.3, 0.4) is 0 Å². The predicted octanol–water partition coefficient (Wildman–Crippen LogP) is 3.54. The molecule has 0 saturated heterocycles. The van der Waals surface area contributed by atoms with Crippen LogP contribution in [0.1, 0.15) is 28.8 Å². The lowest BCUT2D eigenvalue weighted by molar-refractivity contribution is 0.0730. The molecule has 3 nitrogen and oxygen atoms in total. The van der Waals surface area contributed by atoms with Crippen LogP contribution >= 0.6 is 11.6 Å². The summed E-state index contributed by atoms with van der Waals surface area (Å²) in [5.41, 5.74) is 1.67. The summed E-state index contributed by atoms with van der Waals surface area (Å²) in [4.78, 5) is 18.5. The molecule has 0 atom stereocenters. The van der Waals surface area contributed by atoms with Gasteiger partial charge in [-0.15, -0.1) is 0 Å². The minimum absolute atomic E-state index is 0.0104. The number of hydrogen-bond acceptors (Lipinski definition) is 2. The first-order valence-electron chi connectivity index (χ1n) is 6.70. The van der Waals surface area contributed by atoms with E-state index in [2.05, 4.69) is 4.98 Å². The molecule has 1 amide bonds. The molecule has 1 aliphatic carbocycles. The second-order valence-corrected chi connectivity index (χ2v) is 5.41. The molecule has 0 N–H and O–H groups in total. The van der Waals surface area contributed by atoms with Crippen molar-refractivity contribution in [2.45, 2.75) is 25.4 Å². The highest BCUT2D eigenvalue weighted by molar-refractivity contribution is 6.33. The number of amides is 1. The van der Waals surface area contributed by atoms with Gasteiger partial charge in [0.2, 0.25) is 0 Å². The first-order valence-corrected chi connectivity index (χ1v) is 7.08. The van der Waals surface area contributed by atoms with Gasteiger partial charge in [0.25, 0.3) is 5.91 Å². The Kier molecular flexibility index (Phi) is 3.70. The molecule has 1 heterocycles. The van der Waals surface area contributed by atoms with E-state index >= 15 is 0 Å². The van der Waals surface area contributed by atoms with Gasteiger partial charge >= 0.3 is 0 Å². The number of carbonyl (C=O) groups is 1. The Hall–Kier alpha value is -1.87. The molecule has 4 heteroatoms. The molecule has 20 heavy (non-hydrogen) atoms. The van der Waals surface area contributed by atoms with Crippen molar-refractivity contribution in [2.75, 3.05) is 0 Å². The maximum Gasteiger partial charge on any atom is 0.256 e. The second-order valence-electron chi connectivity index (χ2n) is 5.01. The number of hydrogen-bond donors (Lipinski definition) is 0. The van der Waals surface area contributed by atoms with Gasteiger partial charge in [-0.1, -0.05) is 41.9 Å². The number of carbonyl (C=O) groups excluding carboxylic acids is 1.